The number of sulfonamides is 1. The zero-order valence-corrected chi connectivity index (χ0v) is 30.4. The maximum absolute atomic E-state index is 14.1. The molecule has 1 aliphatic heterocycles. The van der Waals surface area contributed by atoms with Gasteiger partial charge in [-0.15, -0.1) is 0 Å². The van der Waals surface area contributed by atoms with E-state index in [0.29, 0.717) is 11.3 Å². The number of carbonyl (C=O) groups excluding carboxylic acids is 4. The molecule has 0 radical (unpaired) electrons. The number of benzene rings is 3. The van der Waals surface area contributed by atoms with Crippen molar-refractivity contribution in [3.63, 3.8) is 0 Å². The van der Waals surface area contributed by atoms with Crippen LogP contribution in [0.3, 0.4) is 0 Å². The van der Waals surface area contributed by atoms with Crippen molar-refractivity contribution in [1.29, 1.82) is 0 Å². The average Bonchev–Trinajstić information content (AvgIpc) is 3.28. The molecular formula is C38H46N6O7S. The lowest BCUT2D eigenvalue weighted by atomic mass is 9.94. The summed E-state index contributed by atoms with van der Waals surface area (Å²) in [5, 5.41) is 2.77. The Bertz CT molecular complexity index is 1880. The highest BCUT2D eigenvalue weighted by molar-refractivity contribution is 7.89. The van der Waals surface area contributed by atoms with Gasteiger partial charge >= 0.3 is 5.97 Å². The van der Waals surface area contributed by atoms with E-state index >= 15 is 0 Å². The molecule has 0 saturated heterocycles. The Balaban J connectivity index is 1.63. The van der Waals surface area contributed by atoms with Crippen LogP contribution < -0.4 is 21.7 Å². The summed E-state index contributed by atoms with van der Waals surface area (Å²) in [4.78, 5) is 59.9. The van der Waals surface area contributed by atoms with Gasteiger partial charge in [0.2, 0.25) is 21.8 Å². The predicted molar refractivity (Wildman–Crippen MR) is 198 cm³/mol. The second-order valence-corrected chi connectivity index (χ2v) is 14.6. The molecule has 0 aromatic heterocycles. The van der Waals surface area contributed by atoms with Gasteiger partial charge in [-0.25, -0.2) is 8.42 Å². The van der Waals surface area contributed by atoms with Crippen LogP contribution in [-0.4, -0.2) is 74.5 Å². The molecule has 13 nitrogen and oxygen atoms in total. The molecule has 0 bridgehead atoms. The van der Waals surface area contributed by atoms with Gasteiger partial charge in [-0.2, -0.15) is 4.31 Å². The van der Waals surface area contributed by atoms with Gasteiger partial charge in [0.25, 0.3) is 0 Å². The molecule has 0 spiro atoms. The highest BCUT2D eigenvalue weighted by atomic mass is 32.2. The number of hydrogen-bond donors (Lipinski definition) is 3. The molecule has 4 rings (SSSR count). The van der Waals surface area contributed by atoms with Crippen LogP contribution in [0, 0.1) is 12.8 Å². The first-order valence-electron chi connectivity index (χ1n) is 17.0. The SMILES string of the molecule is CC(=O)C(NC(=O)[C@H](CCCN=C(N)N)N(C)S(=O)(=O)c1ccc(C)cc1)C1=CC(CC(=O)OCc2ccccc2)C(=O)N(c2ccccc2)CC1. The summed E-state index contributed by atoms with van der Waals surface area (Å²) in [5.41, 5.74) is 13.6. The number of aryl methyl sites for hydroxylation is 1. The van der Waals surface area contributed by atoms with Gasteiger partial charge in [-0.3, -0.25) is 24.2 Å². The number of Topliss-reactive ketones (excluding diaryl/α,β-unsaturated/α-hetero) is 1. The fourth-order valence-corrected chi connectivity index (χ4v) is 7.25. The Labute approximate surface area is 304 Å². The Morgan fingerprint density at radius 1 is 1.00 bits per heavy atom. The van der Waals surface area contributed by atoms with Gasteiger partial charge in [0, 0.05) is 25.8 Å². The number of carbonyl (C=O) groups is 4. The van der Waals surface area contributed by atoms with Crippen molar-refractivity contribution in [2.24, 2.45) is 22.4 Å². The Morgan fingerprint density at radius 3 is 2.25 bits per heavy atom. The van der Waals surface area contributed by atoms with E-state index in [1.165, 1.54) is 26.1 Å². The van der Waals surface area contributed by atoms with Crippen LogP contribution in [0.1, 0.15) is 43.7 Å². The van der Waals surface area contributed by atoms with Crippen LogP contribution in [0.15, 0.2) is 106 Å². The van der Waals surface area contributed by atoms with Crippen LogP contribution >= 0.6 is 0 Å². The van der Waals surface area contributed by atoms with Crippen LogP contribution in [-0.2, 0) is 40.5 Å². The highest BCUT2D eigenvalue weighted by Crippen LogP contribution is 2.28. The number of esters is 1. The lowest BCUT2D eigenvalue weighted by Crippen LogP contribution is -2.52. The molecule has 52 heavy (non-hydrogen) atoms. The van der Waals surface area contributed by atoms with Gasteiger partial charge in [0.15, 0.2) is 11.7 Å². The minimum Gasteiger partial charge on any atom is -0.461 e. The van der Waals surface area contributed by atoms with Crippen molar-refractivity contribution in [2.75, 3.05) is 25.0 Å². The first kappa shape index (κ1) is 39.4. The number of para-hydroxylation sites is 1. The summed E-state index contributed by atoms with van der Waals surface area (Å²) in [6, 6.07) is 21.9. The van der Waals surface area contributed by atoms with Gasteiger partial charge in [0.05, 0.1) is 17.2 Å². The minimum atomic E-state index is -4.15. The van der Waals surface area contributed by atoms with Crippen LogP contribution in [0.25, 0.3) is 0 Å². The number of nitrogens with zero attached hydrogens (tertiary/aromatic N) is 3. The second kappa shape index (κ2) is 18.2. The largest absolute Gasteiger partial charge is 0.461 e. The Kier molecular flexibility index (Phi) is 13.8. The number of anilines is 1. The molecule has 2 unspecified atom stereocenters. The van der Waals surface area contributed by atoms with Crippen LogP contribution in [0.5, 0.6) is 0 Å². The molecule has 3 atom stereocenters. The normalized spacial score (nSPS) is 15.9. The van der Waals surface area contributed by atoms with E-state index in [1.54, 1.807) is 47.4 Å². The fourth-order valence-electron chi connectivity index (χ4n) is 5.90. The third-order valence-corrected chi connectivity index (χ3v) is 10.6. The van der Waals surface area contributed by atoms with Crippen LogP contribution in [0.2, 0.25) is 0 Å². The first-order valence-corrected chi connectivity index (χ1v) is 18.4. The van der Waals surface area contributed by atoms with Gasteiger partial charge in [-0.05, 0) is 68.5 Å². The summed E-state index contributed by atoms with van der Waals surface area (Å²) >= 11 is 0. The van der Waals surface area contributed by atoms with E-state index in [-0.39, 0.29) is 62.1 Å². The van der Waals surface area contributed by atoms with Crippen LogP contribution in [0.4, 0.5) is 5.69 Å². The van der Waals surface area contributed by atoms with E-state index in [1.807, 2.05) is 43.3 Å². The number of likely N-dealkylation sites (N-methyl/N-ethyl adjacent to an activating group) is 1. The molecule has 0 aliphatic carbocycles. The number of nitrogens with two attached hydrogens (primary N) is 2. The van der Waals surface area contributed by atoms with E-state index in [0.717, 1.165) is 15.4 Å². The van der Waals surface area contributed by atoms with E-state index in [2.05, 4.69) is 10.3 Å². The van der Waals surface area contributed by atoms with Gasteiger partial charge in [0.1, 0.15) is 18.7 Å². The van der Waals surface area contributed by atoms with Crippen molar-refractivity contribution in [3.05, 3.63) is 108 Å². The van der Waals surface area contributed by atoms with Crippen molar-refractivity contribution < 1.29 is 32.3 Å². The van der Waals surface area contributed by atoms with Gasteiger partial charge in [-0.1, -0.05) is 72.3 Å². The number of amides is 2. The lowest BCUT2D eigenvalue weighted by Gasteiger charge is -2.29. The molecule has 0 fully saturated rings. The zero-order valence-electron chi connectivity index (χ0n) is 29.6. The molecule has 2 amide bonds. The molecule has 14 heteroatoms. The summed E-state index contributed by atoms with van der Waals surface area (Å²) in [6.07, 6.45) is 1.73. The molecule has 0 saturated carbocycles. The quantitative estimate of drug-likeness (QED) is 0.0652. The number of rotatable bonds is 16. The van der Waals surface area contributed by atoms with Gasteiger partial charge < -0.3 is 26.4 Å². The van der Waals surface area contributed by atoms with Crippen molar-refractivity contribution in [2.45, 2.75) is 63.1 Å². The van der Waals surface area contributed by atoms with E-state index < -0.39 is 45.7 Å². The monoisotopic (exact) mass is 730 g/mol. The standard InChI is InChI=1S/C38H46N6O7S/c1-26-16-18-32(19-17-26)52(49,50)43(3)33(15-10-21-41-38(39)40)36(47)42-35(27(2)45)29-20-22-44(31-13-8-5-9-14-31)37(48)30(23-29)24-34(46)51-25-28-11-6-4-7-12-28/h4-9,11-14,16-19,23,30,33,35H,10,15,20-22,24-25H2,1-3H3,(H,42,47)(H4,39,40,41)/t30?,33-,35?/m0/s1. The van der Waals surface area contributed by atoms with Crippen molar-refractivity contribution >= 4 is 45.2 Å². The predicted octanol–water partition coefficient (Wildman–Crippen LogP) is 3.22. The average molecular weight is 731 g/mol. The molecule has 5 N–H and O–H groups in total. The van der Waals surface area contributed by atoms with Crippen molar-refractivity contribution in [1.82, 2.24) is 9.62 Å². The zero-order chi connectivity index (χ0) is 37.8. The third kappa shape index (κ3) is 10.6. The number of aliphatic imine (C=N–C) groups is 1. The molecule has 3 aromatic rings. The molecule has 1 aliphatic rings. The topological polar surface area (TPSA) is 195 Å². The minimum absolute atomic E-state index is 0.00118. The summed E-state index contributed by atoms with van der Waals surface area (Å²) in [5.74, 6) is -3.30. The van der Waals surface area contributed by atoms with E-state index in [9.17, 15) is 27.6 Å². The summed E-state index contributed by atoms with van der Waals surface area (Å²) in [6.45, 7) is 3.46. The number of guanidine groups is 1. The Morgan fingerprint density at radius 2 is 1.63 bits per heavy atom. The molecule has 276 valence electrons. The number of ether oxygens (including phenoxy) is 1. The maximum atomic E-state index is 14.1. The first-order chi connectivity index (χ1) is 24.8. The number of hydrogen-bond acceptors (Lipinski definition) is 8. The lowest BCUT2D eigenvalue weighted by molar-refractivity contribution is -0.147. The molecular weight excluding hydrogens is 685 g/mol. The highest BCUT2D eigenvalue weighted by Gasteiger charge is 2.37. The fraction of sp³-hybridized carbons (Fsp3) is 0.342. The number of nitrogens with one attached hydrogen (secondary N) is 1. The summed E-state index contributed by atoms with van der Waals surface area (Å²) in [7, 11) is -2.84. The smallest absolute Gasteiger partial charge is 0.307 e. The second-order valence-electron chi connectivity index (χ2n) is 12.6. The molecule has 3 aromatic carbocycles. The third-order valence-electron chi connectivity index (χ3n) is 8.75. The van der Waals surface area contributed by atoms with Crippen molar-refractivity contribution in [3.8, 4) is 0 Å². The van der Waals surface area contributed by atoms with E-state index in [4.69, 9.17) is 16.2 Å². The Hall–Kier alpha value is -5.34. The number of ketones is 1. The maximum Gasteiger partial charge on any atom is 0.307 e. The summed E-state index contributed by atoms with van der Waals surface area (Å²) < 4.78 is 33.9. The molecule has 1 heterocycles.